The summed E-state index contributed by atoms with van der Waals surface area (Å²) in [5.74, 6) is 1.41. The van der Waals surface area contributed by atoms with E-state index in [9.17, 15) is 18.4 Å². The van der Waals surface area contributed by atoms with E-state index in [1.165, 1.54) is 24.3 Å². The van der Waals surface area contributed by atoms with E-state index in [0.29, 0.717) is 61.2 Å². The second-order valence-electron chi connectivity index (χ2n) is 8.43. The van der Waals surface area contributed by atoms with Gasteiger partial charge in [-0.25, -0.2) is 4.98 Å². The number of amides is 2. The number of carbonyl (C=O) groups is 2. The summed E-state index contributed by atoms with van der Waals surface area (Å²) in [6.07, 6.45) is 1.63. The average Bonchev–Trinajstić information content (AvgIpc) is 3.40. The Morgan fingerprint density at radius 2 is 1.76 bits per heavy atom. The van der Waals surface area contributed by atoms with Gasteiger partial charge in [0.2, 0.25) is 6.79 Å². The number of alkyl halides is 2. The highest BCUT2D eigenvalue weighted by molar-refractivity contribution is 5.99. The number of nitrogens with zero attached hydrogens (tertiary/aromatic N) is 3. The van der Waals surface area contributed by atoms with Gasteiger partial charge in [-0.3, -0.25) is 9.59 Å². The Kier molecular flexibility index (Phi) is 7.02. The predicted octanol–water partition coefficient (Wildman–Crippen LogP) is 3.30. The normalized spacial score (nSPS) is 14.6. The fourth-order valence-electron chi connectivity index (χ4n) is 4.24. The van der Waals surface area contributed by atoms with Crippen LogP contribution in [-0.2, 0) is 6.54 Å². The van der Waals surface area contributed by atoms with E-state index in [4.69, 9.17) is 9.47 Å². The summed E-state index contributed by atoms with van der Waals surface area (Å²) in [5, 5.41) is 2.93. The number of hydrogen-bond acceptors (Lipinski definition) is 7. The monoisotopic (exact) mass is 510 g/mol. The van der Waals surface area contributed by atoms with Gasteiger partial charge in [0.05, 0.1) is 5.56 Å². The van der Waals surface area contributed by atoms with Gasteiger partial charge in [-0.2, -0.15) is 8.78 Å². The number of nitrogens with one attached hydrogen (secondary N) is 1. The lowest BCUT2D eigenvalue weighted by Crippen LogP contribution is -2.49. The molecule has 0 aliphatic carbocycles. The molecule has 0 radical (unpaired) electrons. The van der Waals surface area contributed by atoms with Crippen LogP contribution in [-0.4, -0.2) is 61.3 Å². The molecule has 11 heteroatoms. The summed E-state index contributed by atoms with van der Waals surface area (Å²) < 4.78 is 39.7. The summed E-state index contributed by atoms with van der Waals surface area (Å²) in [6, 6.07) is 14.6. The van der Waals surface area contributed by atoms with E-state index in [0.717, 1.165) is 5.56 Å². The van der Waals surface area contributed by atoms with Crippen LogP contribution in [0.4, 0.5) is 14.6 Å². The molecule has 1 aromatic heterocycles. The minimum Gasteiger partial charge on any atom is -0.454 e. The zero-order chi connectivity index (χ0) is 25.8. The molecule has 1 fully saturated rings. The summed E-state index contributed by atoms with van der Waals surface area (Å²) in [4.78, 5) is 34.0. The maximum Gasteiger partial charge on any atom is 0.387 e. The number of pyridine rings is 1. The third kappa shape index (κ3) is 5.55. The lowest BCUT2D eigenvalue weighted by atomic mass is 10.1. The maximum absolute atomic E-state index is 13.0. The first-order valence-corrected chi connectivity index (χ1v) is 11.7. The molecule has 0 bridgehead atoms. The van der Waals surface area contributed by atoms with Gasteiger partial charge in [-0.15, -0.1) is 0 Å². The topological polar surface area (TPSA) is 93.2 Å². The lowest BCUT2D eigenvalue weighted by Gasteiger charge is -2.36. The molecule has 0 spiro atoms. The van der Waals surface area contributed by atoms with Gasteiger partial charge in [-0.05, 0) is 54.1 Å². The molecule has 3 aromatic rings. The molecule has 0 saturated carbocycles. The van der Waals surface area contributed by atoms with Crippen LogP contribution in [0.25, 0.3) is 0 Å². The number of hydrogen-bond donors (Lipinski definition) is 1. The predicted molar refractivity (Wildman–Crippen MR) is 129 cm³/mol. The van der Waals surface area contributed by atoms with Gasteiger partial charge >= 0.3 is 6.61 Å². The molecule has 2 aliphatic heterocycles. The van der Waals surface area contributed by atoms with Gasteiger partial charge in [-0.1, -0.05) is 6.07 Å². The molecule has 1 N–H and O–H groups in total. The second-order valence-corrected chi connectivity index (χ2v) is 8.43. The Balaban J connectivity index is 1.19. The van der Waals surface area contributed by atoms with E-state index < -0.39 is 6.61 Å². The molecule has 2 aromatic carbocycles. The van der Waals surface area contributed by atoms with Gasteiger partial charge in [0.15, 0.2) is 11.5 Å². The second kappa shape index (κ2) is 10.7. The van der Waals surface area contributed by atoms with Gasteiger partial charge < -0.3 is 29.3 Å². The van der Waals surface area contributed by atoms with Crippen LogP contribution in [0, 0.1) is 0 Å². The fourth-order valence-corrected chi connectivity index (χ4v) is 4.24. The quantitative estimate of drug-likeness (QED) is 0.521. The molecule has 2 amide bonds. The number of fused-ring (bicyclic) bond motifs is 1. The molecule has 2 aliphatic rings. The van der Waals surface area contributed by atoms with Crippen LogP contribution in [0.15, 0.2) is 60.8 Å². The van der Waals surface area contributed by atoms with Crippen molar-refractivity contribution >= 4 is 17.6 Å². The summed E-state index contributed by atoms with van der Waals surface area (Å²) in [5.41, 5.74) is 1.71. The van der Waals surface area contributed by atoms with Crippen LogP contribution in [0.1, 0.15) is 26.3 Å². The Bertz CT molecular complexity index is 1280. The number of aromatic nitrogens is 1. The van der Waals surface area contributed by atoms with Gasteiger partial charge in [0, 0.05) is 44.5 Å². The lowest BCUT2D eigenvalue weighted by molar-refractivity contribution is -0.0498. The zero-order valence-corrected chi connectivity index (χ0v) is 19.7. The minimum atomic E-state index is -2.92. The third-order valence-corrected chi connectivity index (χ3v) is 6.11. The number of rotatable bonds is 7. The largest absolute Gasteiger partial charge is 0.454 e. The van der Waals surface area contributed by atoms with Crippen LogP contribution in [0.3, 0.4) is 0 Å². The highest BCUT2D eigenvalue weighted by atomic mass is 19.3. The number of piperazine rings is 1. The molecule has 192 valence electrons. The van der Waals surface area contributed by atoms with Crippen LogP contribution >= 0.6 is 0 Å². The van der Waals surface area contributed by atoms with Crippen molar-refractivity contribution in [2.75, 3.05) is 37.9 Å². The molecular formula is C26H24F2N4O5. The molecule has 9 nitrogen and oxygen atoms in total. The van der Waals surface area contributed by atoms with Crippen molar-refractivity contribution < 1.29 is 32.6 Å². The van der Waals surface area contributed by atoms with Crippen molar-refractivity contribution in [2.45, 2.75) is 13.2 Å². The van der Waals surface area contributed by atoms with Crippen LogP contribution in [0.5, 0.6) is 17.2 Å². The summed E-state index contributed by atoms with van der Waals surface area (Å²) in [7, 11) is 0. The third-order valence-electron chi connectivity index (χ3n) is 6.11. The van der Waals surface area contributed by atoms with Crippen molar-refractivity contribution in [1.29, 1.82) is 0 Å². The smallest absolute Gasteiger partial charge is 0.387 e. The summed E-state index contributed by atoms with van der Waals surface area (Å²) >= 11 is 0. The van der Waals surface area contributed by atoms with E-state index in [1.807, 2.05) is 23.1 Å². The molecule has 3 heterocycles. The highest BCUT2D eigenvalue weighted by Gasteiger charge is 2.26. The van der Waals surface area contributed by atoms with Crippen molar-refractivity contribution in [3.8, 4) is 17.2 Å². The van der Waals surface area contributed by atoms with E-state index >= 15 is 0 Å². The Morgan fingerprint density at radius 3 is 2.51 bits per heavy atom. The maximum atomic E-state index is 13.0. The molecular weight excluding hydrogens is 486 g/mol. The fraction of sp³-hybridized carbons (Fsp3) is 0.269. The van der Waals surface area contributed by atoms with Gasteiger partial charge in [0.25, 0.3) is 11.8 Å². The van der Waals surface area contributed by atoms with E-state index in [2.05, 4.69) is 15.0 Å². The zero-order valence-electron chi connectivity index (χ0n) is 19.7. The standard InChI is InChI=1S/C26H24F2N4O5/c27-26(28)37-19-6-4-18(5-7-19)25(34)32-12-10-31(11-13-32)23-20(2-1-9-29-23)24(33)30-15-17-3-8-21-22(14-17)36-16-35-21/h1-9,14,26H,10-13,15-16H2,(H,30,33). The Morgan fingerprint density at radius 1 is 1.00 bits per heavy atom. The molecule has 37 heavy (non-hydrogen) atoms. The average molecular weight is 510 g/mol. The van der Waals surface area contributed by atoms with E-state index in [-0.39, 0.29) is 24.4 Å². The first-order chi connectivity index (χ1) is 18.0. The van der Waals surface area contributed by atoms with Crippen molar-refractivity contribution in [2.24, 2.45) is 0 Å². The Hall–Kier alpha value is -4.41. The first kappa shape index (κ1) is 24.3. The van der Waals surface area contributed by atoms with Crippen molar-refractivity contribution in [1.82, 2.24) is 15.2 Å². The first-order valence-electron chi connectivity index (χ1n) is 11.7. The molecule has 1 saturated heterocycles. The number of benzene rings is 2. The molecule has 0 atom stereocenters. The minimum absolute atomic E-state index is 0.00384. The summed E-state index contributed by atoms with van der Waals surface area (Å²) in [6.45, 7) is -0.614. The van der Waals surface area contributed by atoms with Gasteiger partial charge in [0.1, 0.15) is 11.6 Å². The van der Waals surface area contributed by atoms with Crippen molar-refractivity contribution in [3.63, 3.8) is 0 Å². The highest BCUT2D eigenvalue weighted by Crippen LogP contribution is 2.32. The van der Waals surface area contributed by atoms with Crippen LogP contribution in [0.2, 0.25) is 0 Å². The van der Waals surface area contributed by atoms with Crippen LogP contribution < -0.4 is 24.4 Å². The van der Waals surface area contributed by atoms with Crippen molar-refractivity contribution in [3.05, 3.63) is 77.5 Å². The Labute approximate surface area is 211 Å². The molecule has 0 unspecified atom stereocenters. The number of halogens is 2. The number of carbonyl (C=O) groups excluding carboxylic acids is 2. The number of anilines is 1. The molecule has 5 rings (SSSR count). The SMILES string of the molecule is O=C(NCc1ccc2c(c1)OCO2)c1cccnc1N1CCN(C(=O)c2ccc(OC(F)F)cc2)CC1. The van der Waals surface area contributed by atoms with E-state index in [1.54, 1.807) is 23.2 Å². The number of ether oxygens (including phenoxy) is 3.